The van der Waals surface area contributed by atoms with Gasteiger partial charge in [0.25, 0.3) is 0 Å². The van der Waals surface area contributed by atoms with Gasteiger partial charge in [0.1, 0.15) is 4.92 Å². The largest absolute Gasteiger partial charge is 0.433 e. The molecule has 0 spiro atoms. The number of rotatable bonds is 4. The van der Waals surface area contributed by atoms with E-state index in [4.69, 9.17) is 10.2 Å². The van der Waals surface area contributed by atoms with Crippen LogP contribution in [0.1, 0.15) is 5.76 Å². The molecule has 74 valence electrons. The third kappa shape index (κ3) is 2.06. The fraction of sp³-hybridized carbons (Fsp3) is 0. The molecule has 0 saturated carbocycles. The van der Waals surface area contributed by atoms with Crippen LogP contribution in [0.25, 0.3) is 0 Å². The number of hydrogen-bond acceptors (Lipinski definition) is 5. The molecule has 1 aromatic heterocycles. The Morgan fingerprint density at radius 1 is 1.71 bits per heavy atom. The summed E-state index contributed by atoms with van der Waals surface area (Å²) in [5.74, 6) is -0.569. The topological polar surface area (TPSA) is 124 Å². The molecule has 0 atom stereocenters. The highest BCUT2D eigenvalue weighted by molar-refractivity contribution is 5.95. The number of carbonyl (C=O) groups is 1. The fourth-order valence-electron chi connectivity index (χ4n) is 0.714. The minimum atomic E-state index is -0.704. The Labute approximate surface area is 77.5 Å². The van der Waals surface area contributed by atoms with Crippen LogP contribution in [0, 0.1) is 10.1 Å². The Bertz CT molecular complexity index is 383. The second-order valence-corrected chi connectivity index (χ2v) is 2.14. The summed E-state index contributed by atoms with van der Waals surface area (Å²) in [4.78, 5) is 19.3. The van der Waals surface area contributed by atoms with Gasteiger partial charge in [-0.15, -0.1) is 0 Å². The summed E-state index contributed by atoms with van der Waals surface area (Å²) in [7, 11) is 0. The van der Waals surface area contributed by atoms with Crippen molar-refractivity contribution in [2.24, 2.45) is 10.8 Å². The number of nitrogens with zero attached hydrogens (tertiary/aromatic N) is 2. The molecule has 0 saturated heterocycles. The Morgan fingerprint density at radius 2 is 2.43 bits per heavy atom. The summed E-state index contributed by atoms with van der Waals surface area (Å²) in [6.45, 7) is 0. The van der Waals surface area contributed by atoms with Crippen LogP contribution in [0.3, 0.4) is 0 Å². The molecule has 1 rings (SSSR count). The van der Waals surface area contributed by atoms with Crippen molar-refractivity contribution in [2.45, 2.75) is 0 Å². The van der Waals surface area contributed by atoms with Gasteiger partial charge in [-0.05, 0) is 6.07 Å². The van der Waals surface area contributed by atoms with Crippen LogP contribution < -0.4 is 11.2 Å². The van der Waals surface area contributed by atoms with E-state index in [0.717, 1.165) is 6.07 Å². The highest BCUT2D eigenvalue weighted by Gasteiger charge is 2.13. The number of amidine groups is 1. The SMILES string of the molecule is N/C(=N\NC=O)c1ccc([N+](=O)[O-])o1. The third-order valence-corrected chi connectivity index (χ3v) is 1.26. The monoisotopic (exact) mass is 198 g/mol. The van der Waals surface area contributed by atoms with Crippen molar-refractivity contribution in [3.05, 3.63) is 28.0 Å². The van der Waals surface area contributed by atoms with E-state index < -0.39 is 10.8 Å². The van der Waals surface area contributed by atoms with Crippen molar-refractivity contribution in [2.75, 3.05) is 0 Å². The van der Waals surface area contributed by atoms with Gasteiger partial charge in [-0.25, -0.2) is 5.43 Å². The van der Waals surface area contributed by atoms with Crippen LogP contribution in [-0.4, -0.2) is 17.2 Å². The molecule has 1 heterocycles. The molecular weight excluding hydrogens is 192 g/mol. The molecule has 0 radical (unpaired) electrons. The molecule has 0 unspecified atom stereocenters. The number of amides is 1. The minimum Gasteiger partial charge on any atom is -0.397 e. The van der Waals surface area contributed by atoms with E-state index in [0.29, 0.717) is 6.41 Å². The zero-order valence-electron chi connectivity index (χ0n) is 6.84. The summed E-state index contributed by atoms with van der Waals surface area (Å²) < 4.78 is 4.69. The van der Waals surface area contributed by atoms with Crippen molar-refractivity contribution in [3.8, 4) is 0 Å². The average molecular weight is 198 g/mol. The lowest BCUT2D eigenvalue weighted by atomic mass is 10.4. The van der Waals surface area contributed by atoms with Gasteiger partial charge in [0.2, 0.25) is 6.41 Å². The number of nitrogens with one attached hydrogen (secondary N) is 1. The molecule has 0 aliphatic carbocycles. The van der Waals surface area contributed by atoms with Crippen LogP contribution in [0.2, 0.25) is 0 Å². The maximum Gasteiger partial charge on any atom is 0.433 e. The Hall–Kier alpha value is -2.38. The number of hydrogen-bond donors (Lipinski definition) is 2. The first-order valence-corrected chi connectivity index (χ1v) is 3.42. The van der Waals surface area contributed by atoms with E-state index in [-0.39, 0.29) is 11.6 Å². The zero-order chi connectivity index (χ0) is 10.6. The molecule has 1 amide bonds. The predicted octanol–water partition coefficient (Wildman–Crippen LogP) is -0.446. The molecule has 8 heteroatoms. The average Bonchev–Trinajstić information content (AvgIpc) is 2.62. The summed E-state index contributed by atoms with van der Waals surface area (Å²) in [6.07, 6.45) is 0.310. The van der Waals surface area contributed by atoms with Gasteiger partial charge < -0.3 is 10.2 Å². The van der Waals surface area contributed by atoms with E-state index >= 15 is 0 Å². The molecule has 8 nitrogen and oxygen atoms in total. The molecule has 0 aromatic carbocycles. The van der Waals surface area contributed by atoms with Crippen molar-refractivity contribution >= 4 is 18.1 Å². The lowest BCUT2D eigenvalue weighted by Gasteiger charge is -1.92. The Morgan fingerprint density at radius 3 is 2.93 bits per heavy atom. The van der Waals surface area contributed by atoms with E-state index in [1.807, 2.05) is 5.43 Å². The van der Waals surface area contributed by atoms with E-state index in [9.17, 15) is 14.9 Å². The van der Waals surface area contributed by atoms with Crippen LogP contribution in [0.5, 0.6) is 0 Å². The number of carbonyl (C=O) groups excluding carboxylic acids is 1. The van der Waals surface area contributed by atoms with Crippen molar-refractivity contribution in [1.82, 2.24) is 5.43 Å². The van der Waals surface area contributed by atoms with Gasteiger partial charge in [-0.2, -0.15) is 5.10 Å². The highest BCUT2D eigenvalue weighted by atomic mass is 16.6. The smallest absolute Gasteiger partial charge is 0.397 e. The van der Waals surface area contributed by atoms with Gasteiger partial charge in [0, 0.05) is 0 Å². The van der Waals surface area contributed by atoms with E-state index in [2.05, 4.69) is 5.10 Å². The molecule has 1 aromatic rings. The fourth-order valence-corrected chi connectivity index (χ4v) is 0.714. The second-order valence-electron chi connectivity index (χ2n) is 2.14. The first kappa shape index (κ1) is 9.71. The summed E-state index contributed by atoms with van der Waals surface area (Å²) in [5.41, 5.74) is 7.24. The standard InChI is InChI=1S/C6H6N4O4/c7-6(9-8-3-11)4-1-2-5(14-4)10(12)13/h1-3H,(H2,7,9)(H,8,11). The maximum absolute atomic E-state index is 10.2. The number of furan rings is 1. The summed E-state index contributed by atoms with van der Waals surface area (Å²) in [5, 5.41) is 13.6. The van der Waals surface area contributed by atoms with E-state index in [1.165, 1.54) is 6.07 Å². The van der Waals surface area contributed by atoms with Gasteiger partial charge in [0.15, 0.2) is 11.6 Å². The molecule has 0 aliphatic heterocycles. The zero-order valence-corrected chi connectivity index (χ0v) is 6.84. The van der Waals surface area contributed by atoms with Crippen molar-refractivity contribution in [3.63, 3.8) is 0 Å². The highest BCUT2D eigenvalue weighted by Crippen LogP contribution is 2.14. The van der Waals surface area contributed by atoms with Crippen LogP contribution in [-0.2, 0) is 4.79 Å². The molecule has 0 aliphatic rings. The van der Waals surface area contributed by atoms with Crippen LogP contribution in [0.15, 0.2) is 21.7 Å². The summed E-state index contributed by atoms with van der Waals surface area (Å²) in [6, 6.07) is 2.42. The first-order valence-electron chi connectivity index (χ1n) is 3.42. The van der Waals surface area contributed by atoms with Gasteiger partial charge in [-0.1, -0.05) is 0 Å². The van der Waals surface area contributed by atoms with Crippen LogP contribution in [0.4, 0.5) is 5.88 Å². The molecule has 14 heavy (non-hydrogen) atoms. The third-order valence-electron chi connectivity index (χ3n) is 1.26. The lowest BCUT2D eigenvalue weighted by Crippen LogP contribution is -2.17. The van der Waals surface area contributed by atoms with Crippen molar-refractivity contribution < 1.29 is 14.1 Å². The minimum absolute atomic E-state index is 0.0195. The maximum atomic E-state index is 10.2. The Balaban J connectivity index is 2.86. The first-order chi connectivity index (χ1) is 6.65. The number of nitrogens with two attached hydrogens (primary N) is 1. The van der Waals surface area contributed by atoms with Gasteiger partial charge in [0.05, 0.1) is 6.07 Å². The van der Waals surface area contributed by atoms with E-state index in [1.54, 1.807) is 0 Å². The molecule has 3 N–H and O–H groups in total. The van der Waals surface area contributed by atoms with Gasteiger partial charge >= 0.3 is 5.88 Å². The normalized spacial score (nSPS) is 11.0. The second kappa shape index (κ2) is 4.03. The van der Waals surface area contributed by atoms with Gasteiger partial charge in [-0.3, -0.25) is 14.9 Å². The van der Waals surface area contributed by atoms with Crippen LogP contribution >= 0.6 is 0 Å². The molecule has 0 bridgehead atoms. The number of nitro groups is 1. The number of hydrazone groups is 1. The quantitative estimate of drug-likeness (QED) is 0.223. The molecule has 0 fully saturated rings. The molecular formula is C6H6N4O4. The predicted molar refractivity (Wildman–Crippen MR) is 45.3 cm³/mol. The lowest BCUT2D eigenvalue weighted by molar-refractivity contribution is -0.402. The van der Waals surface area contributed by atoms with Crippen molar-refractivity contribution in [1.29, 1.82) is 0 Å². The summed E-state index contributed by atoms with van der Waals surface area (Å²) >= 11 is 0. The Kier molecular flexibility index (Phi) is 2.79.